The predicted molar refractivity (Wildman–Crippen MR) is 102 cm³/mol. The zero-order valence-electron chi connectivity index (χ0n) is 14.7. The molecule has 0 radical (unpaired) electrons. The Morgan fingerprint density at radius 2 is 2.00 bits per heavy atom. The predicted octanol–water partition coefficient (Wildman–Crippen LogP) is 3.65. The van der Waals surface area contributed by atoms with E-state index in [9.17, 15) is 9.59 Å². The fourth-order valence-corrected chi connectivity index (χ4v) is 3.54. The first-order valence-electron chi connectivity index (χ1n) is 8.34. The molecule has 0 bridgehead atoms. The number of rotatable bonds is 4. The van der Waals surface area contributed by atoms with E-state index in [1.165, 1.54) is 11.8 Å². The van der Waals surface area contributed by atoms with Crippen LogP contribution in [0.1, 0.15) is 35.3 Å². The molecule has 0 aliphatic carbocycles. The Morgan fingerprint density at radius 1 is 1.27 bits per heavy atom. The van der Waals surface area contributed by atoms with Gasteiger partial charge in [-0.25, -0.2) is 0 Å². The van der Waals surface area contributed by atoms with Gasteiger partial charge in [-0.1, -0.05) is 12.1 Å². The maximum atomic E-state index is 13.0. The SMILES string of the molecule is CC(C)N(Cc1ccc(C#N)cc1)C(=O)c1ccc2c(c1)NC(=O)CS2. The minimum Gasteiger partial charge on any atom is -0.332 e. The Labute approximate surface area is 157 Å². The first-order chi connectivity index (χ1) is 12.5. The number of nitriles is 1. The molecule has 0 aromatic heterocycles. The number of nitrogens with one attached hydrogen (secondary N) is 1. The summed E-state index contributed by atoms with van der Waals surface area (Å²) in [6.45, 7) is 4.40. The smallest absolute Gasteiger partial charge is 0.254 e. The molecule has 0 unspecified atom stereocenters. The molecule has 1 heterocycles. The maximum absolute atomic E-state index is 13.0. The Bertz CT molecular complexity index is 885. The standard InChI is InChI=1S/C20H19N3O2S/c1-13(2)23(11-15-5-3-14(10-21)4-6-15)20(25)16-7-8-18-17(9-16)22-19(24)12-26-18/h3-9,13H,11-12H2,1-2H3,(H,22,24). The highest BCUT2D eigenvalue weighted by Crippen LogP contribution is 2.32. The zero-order chi connectivity index (χ0) is 18.7. The van der Waals surface area contributed by atoms with Crippen LogP contribution in [0.25, 0.3) is 0 Å². The summed E-state index contributed by atoms with van der Waals surface area (Å²) in [4.78, 5) is 27.4. The Morgan fingerprint density at radius 3 is 2.65 bits per heavy atom. The average molecular weight is 365 g/mol. The van der Waals surface area contributed by atoms with E-state index in [4.69, 9.17) is 5.26 Å². The second-order valence-electron chi connectivity index (χ2n) is 6.38. The number of anilines is 1. The van der Waals surface area contributed by atoms with Crippen molar-refractivity contribution >= 4 is 29.3 Å². The third-order valence-corrected chi connectivity index (χ3v) is 5.25. The normalized spacial score (nSPS) is 12.9. The van der Waals surface area contributed by atoms with Crippen LogP contribution in [0, 0.1) is 11.3 Å². The summed E-state index contributed by atoms with van der Waals surface area (Å²) in [7, 11) is 0. The molecule has 3 rings (SSSR count). The lowest BCUT2D eigenvalue weighted by atomic mass is 10.1. The van der Waals surface area contributed by atoms with Crippen LogP contribution in [0.5, 0.6) is 0 Å². The van der Waals surface area contributed by atoms with Crippen molar-refractivity contribution in [2.24, 2.45) is 0 Å². The lowest BCUT2D eigenvalue weighted by molar-refractivity contribution is -0.113. The Kier molecular flexibility index (Phi) is 5.29. The van der Waals surface area contributed by atoms with E-state index in [0.717, 1.165) is 10.5 Å². The molecule has 5 nitrogen and oxygen atoms in total. The van der Waals surface area contributed by atoms with Gasteiger partial charge in [0.15, 0.2) is 0 Å². The van der Waals surface area contributed by atoms with Crippen molar-refractivity contribution in [2.45, 2.75) is 31.3 Å². The highest BCUT2D eigenvalue weighted by atomic mass is 32.2. The summed E-state index contributed by atoms with van der Waals surface area (Å²) in [6.07, 6.45) is 0. The number of nitrogens with zero attached hydrogens (tertiary/aromatic N) is 2. The molecule has 0 atom stereocenters. The fraction of sp³-hybridized carbons (Fsp3) is 0.250. The molecule has 0 fully saturated rings. The van der Waals surface area contributed by atoms with E-state index < -0.39 is 0 Å². The van der Waals surface area contributed by atoms with Crippen molar-refractivity contribution < 1.29 is 9.59 Å². The van der Waals surface area contributed by atoms with E-state index in [0.29, 0.717) is 29.1 Å². The third kappa shape index (κ3) is 3.89. The van der Waals surface area contributed by atoms with Crippen molar-refractivity contribution in [1.82, 2.24) is 4.90 Å². The lowest BCUT2D eigenvalue weighted by Crippen LogP contribution is -2.36. The number of thioether (sulfide) groups is 1. The van der Waals surface area contributed by atoms with E-state index in [1.54, 1.807) is 29.2 Å². The Hall–Kier alpha value is -2.78. The van der Waals surface area contributed by atoms with Gasteiger partial charge in [0.25, 0.3) is 5.91 Å². The molecule has 1 N–H and O–H groups in total. The fourth-order valence-electron chi connectivity index (χ4n) is 2.75. The first kappa shape index (κ1) is 18.0. The molecule has 0 saturated heterocycles. The molecule has 2 amide bonds. The molecular weight excluding hydrogens is 346 g/mol. The highest BCUT2D eigenvalue weighted by Gasteiger charge is 2.22. The highest BCUT2D eigenvalue weighted by molar-refractivity contribution is 8.00. The van der Waals surface area contributed by atoms with E-state index >= 15 is 0 Å². The van der Waals surface area contributed by atoms with Crippen LogP contribution < -0.4 is 5.32 Å². The van der Waals surface area contributed by atoms with Gasteiger partial charge in [-0.15, -0.1) is 11.8 Å². The molecule has 26 heavy (non-hydrogen) atoms. The van der Waals surface area contributed by atoms with Gasteiger partial charge in [-0.2, -0.15) is 5.26 Å². The van der Waals surface area contributed by atoms with Crippen molar-refractivity contribution in [3.8, 4) is 6.07 Å². The number of carbonyl (C=O) groups is 2. The third-order valence-electron chi connectivity index (χ3n) is 4.18. The molecular formula is C20H19N3O2S. The molecule has 2 aromatic rings. The topological polar surface area (TPSA) is 73.2 Å². The molecule has 132 valence electrons. The van der Waals surface area contributed by atoms with Gasteiger partial charge in [-0.3, -0.25) is 9.59 Å². The molecule has 0 saturated carbocycles. The summed E-state index contributed by atoms with van der Waals surface area (Å²) in [5, 5.41) is 11.7. The van der Waals surface area contributed by atoms with E-state index in [1.807, 2.05) is 32.0 Å². The number of fused-ring (bicyclic) bond motifs is 1. The quantitative estimate of drug-likeness (QED) is 0.897. The van der Waals surface area contributed by atoms with Crippen molar-refractivity contribution in [3.63, 3.8) is 0 Å². The van der Waals surface area contributed by atoms with Gasteiger partial charge in [0.2, 0.25) is 5.91 Å². The number of hydrogen-bond donors (Lipinski definition) is 1. The van der Waals surface area contributed by atoms with Gasteiger partial charge in [0.05, 0.1) is 23.1 Å². The molecule has 2 aromatic carbocycles. The molecule has 1 aliphatic rings. The van der Waals surface area contributed by atoms with Crippen LogP contribution in [-0.2, 0) is 11.3 Å². The second kappa shape index (κ2) is 7.63. The van der Waals surface area contributed by atoms with E-state index in [-0.39, 0.29) is 17.9 Å². The summed E-state index contributed by atoms with van der Waals surface area (Å²) in [6, 6.07) is 14.8. The van der Waals surface area contributed by atoms with Crippen LogP contribution >= 0.6 is 11.8 Å². The number of hydrogen-bond acceptors (Lipinski definition) is 4. The number of amides is 2. The summed E-state index contributed by atoms with van der Waals surface area (Å²) in [5.41, 5.74) is 2.81. The van der Waals surface area contributed by atoms with Crippen LogP contribution in [0.15, 0.2) is 47.4 Å². The lowest BCUT2D eigenvalue weighted by Gasteiger charge is -2.27. The Balaban J connectivity index is 1.83. The average Bonchev–Trinajstić information content (AvgIpc) is 2.65. The number of benzene rings is 2. The van der Waals surface area contributed by atoms with Crippen molar-refractivity contribution in [1.29, 1.82) is 5.26 Å². The summed E-state index contributed by atoms with van der Waals surface area (Å²) < 4.78 is 0. The molecule has 0 spiro atoms. The van der Waals surface area contributed by atoms with Crippen molar-refractivity contribution in [2.75, 3.05) is 11.1 Å². The largest absolute Gasteiger partial charge is 0.332 e. The van der Waals surface area contributed by atoms with Crippen LogP contribution in [0.3, 0.4) is 0 Å². The van der Waals surface area contributed by atoms with Gasteiger partial charge in [0.1, 0.15) is 0 Å². The van der Waals surface area contributed by atoms with Crippen LogP contribution in [0.2, 0.25) is 0 Å². The maximum Gasteiger partial charge on any atom is 0.254 e. The zero-order valence-corrected chi connectivity index (χ0v) is 15.5. The van der Waals surface area contributed by atoms with Gasteiger partial charge >= 0.3 is 0 Å². The first-order valence-corrected chi connectivity index (χ1v) is 9.33. The van der Waals surface area contributed by atoms with Gasteiger partial charge in [-0.05, 0) is 49.7 Å². The van der Waals surface area contributed by atoms with Gasteiger partial charge in [0, 0.05) is 23.0 Å². The summed E-state index contributed by atoms with van der Waals surface area (Å²) in [5.74, 6) is 0.263. The second-order valence-corrected chi connectivity index (χ2v) is 7.40. The van der Waals surface area contributed by atoms with Gasteiger partial charge < -0.3 is 10.2 Å². The molecule has 6 heteroatoms. The van der Waals surface area contributed by atoms with Crippen LogP contribution in [-0.4, -0.2) is 28.5 Å². The molecule has 1 aliphatic heterocycles. The minimum atomic E-state index is -0.0861. The number of carbonyl (C=O) groups excluding carboxylic acids is 2. The monoisotopic (exact) mass is 365 g/mol. The van der Waals surface area contributed by atoms with Crippen LogP contribution in [0.4, 0.5) is 5.69 Å². The van der Waals surface area contributed by atoms with E-state index in [2.05, 4.69) is 11.4 Å². The van der Waals surface area contributed by atoms with Crippen molar-refractivity contribution in [3.05, 3.63) is 59.2 Å². The summed E-state index contributed by atoms with van der Waals surface area (Å²) >= 11 is 1.47. The minimum absolute atomic E-state index is 0.0122.